The molecule has 124 valence electrons. The Morgan fingerprint density at radius 1 is 1.08 bits per heavy atom. The number of fused-ring (bicyclic) bond motifs is 1. The fourth-order valence-electron chi connectivity index (χ4n) is 3.05. The zero-order chi connectivity index (χ0) is 16.5. The number of hydrogen-bond acceptors (Lipinski definition) is 3. The highest BCUT2D eigenvalue weighted by atomic mass is 19.1. The van der Waals surface area contributed by atoms with Gasteiger partial charge in [0.25, 0.3) is 0 Å². The maximum absolute atomic E-state index is 14.4. The van der Waals surface area contributed by atoms with Gasteiger partial charge < -0.3 is 10.1 Å². The van der Waals surface area contributed by atoms with Crippen LogP contribution in [0, 0.1) is 11.6 Å². The van der Waals surface area contributed by atoms with E-state index in [1.807, 2.05) is 0 Å². The monoisotopic (exact) mass is 329 g/mol. The van der Waals surface area contributed by atoms with Gasteiger partial charge in [-0.15, -0.1) is 5.10 Å². The van der Waals surface area contributed by atoms with Crippen molar-refractivity contribution in [2.75, 3.05) is 13.1 Å². The third-order valence-corrected chi connectivity index (χ3v) is 4.24. The minimum absolute atomic E-state index is 0.00455. The van der Waals surface area contributed by atoms with Crippen LogP contribution in [-0.4, -0.2) is 29.0 Å². The zero-order valence-electron chi connectivity index (χ0n) is 13.0. The Balaban J connectivity index is 1.82. The number of aromatic nitrogens is 2. The molecule has 1 aliphatic rings. The Morgan fingerprint density at radius 2 is 1.88 bits per heavy atom. The van der Waals surface area contributed by atoms with Gasteiger partial charge >= 0.3 is 0 Å². The average Bonchev–Trinajstić information content (AvgIpc) is 2.96. The van der Waals surface area contributed by atoms with Gasteiger partial charge in [0, 0.05) is 0 Å². The van der Waals surface area contributed by atoms with E-state index in [1.165, 1.54) is 22.9 Å². The van der Waals surface area contributed by atoms with Gasteiger partial charge in [-0.05, 0) is 56.3 Å². The van der Waals surface area contributed by atoms with Crippen LogP contribution in [0.15, 0.2) is 42.5 Å². The Morgan fingerprint density at radius 3 is 2.67 bits per heavy atom. The molecule has 24 heavy (non-hydrogen) atoms. The first kappa shape index (κ1) is 15.1. The maximum Gasteiger partial charge on any atom is 0.244 e. The largest absolute Gasteiger partial charge is 0.473 e. The second-order valence-electron chi connectivity index (χ2n) is 5.90. The summed E-state index contributed by atoms with van der Waals surface area (Å²) in [6.07, 6.45) is 1.70. The number of hydrogen-bond donors (Lipinski definition) is 1. The van der Waals surface area contributed by atoms with E-state index >= 15 is 0 Å². The van der Waals surface area contributed by atoms with E-state index in [1.54, 1.807) is 24.3 Å². The van der Waals surface area contributed by atoms with Gasteiger partial charge in [0.1, 0.15) is 17.7 Å². The third kappa shape index (κ3) is 2.73. The minimum Gasteiger partial charge on any atom is -0.473 e. The molecule has 1 N–H and O–H groups in total. The zero-order valence-corrected chi connectivity index (χ0v) is 13.0. The molecule has 0 amide bonds. The van der Waals surface area contributed by atoms with Crippen molar-refractivity contribution < 1.29 is 13.5 Å². The minimum atomic E-state index is -0.390. The van der Waals surface area contributed by atoms with Gasteiger partial charge in [0.05, 0.1) is 16.6 Å². The van der Waals surface area contributed by atoms with Crippen molar-refractivity contribution in [3.63, 3.8) is 0 Å². The molecule has 1 fully saturated rings. The fraction of sp³-hybridized carbons (Fsp3) is 0.278. The van der Waals surface area contributed by atoms with Crippen LogP contribution in [0.1, 0.15) is 12.8 Å². The lowest BCUT2D eigenvalue weighted by Crippen LogP contribution is -2.34. The summed E-state index contributed by atoms with van der Waals surface area (Å²) in [5, 5.41) is 8.02. The van der Waals surface area contributed by atoms with E-state index in [2.05, 4.69) is 10.4 Å². The standard InChI is InChI=1S/C18H17F2N3O/c19-12-3-1-4-13(11-12)23-16-6-2-5-15(20)17(16)18(22-23)24-14-7-9-21-10-8-14/h1-6,11,14,21H,7-10H2. The molecule has 0 aliphatic carbocycles. The molecule has 0 radical (unpaired) electrons. The van der Waals surface area contributed by atoms with Crippen molar-refractivity contribution >= 4 is 10.9 Å². The molecule has 0 atom stereocenters. The highest BCUT2D eigenvalue weighted by molar-refractivity contribution is 5.86. The fourth-order valence-corrected chi connectivity index (χ4v) is 3.05. The molecule has 0 saturated carbocycles. The van der Waals surface area contributed by atoms with Gasteiger partial charge in [0.2, 0.25) is 5.88 Å². The van der Waals surface area contributed by atoms with E-state index in [0.717, 1.165) is 25.9 Å². The Bertz CT molecular complexity index is 872. The molecule has 0 bridgehead atoms. The highest BCUT2D eigenvalue weighted by Gasteiger charge is 2.21. The first-order chi connectivity index (χ1) is 11.7. The van der Waals surface area contributed by atoms with Crippen LogP contribution in [0.4, 0.5) is 8.78 Å². The topological polar surface area (TPSA) is 39.1 Å². The van der Waals surface area contributed by atoms with Crippen LogP contribution in [0.25, 0.3) is 16.6 Å². The summed E-state index contributed by atoms with van der Waals surface area (Å²) in [6, 6.07) is 10.8. The predicted octanol–water partition coefficient (Wildman–Crippen LogP) is 3.43. The first-order valence-corrected chi connectivity index (χ1v) is 8.03. The second-order valence-corrected chi connectivity index (χ2v) is 5.90. The van der Waals surface area contributed by atoms with Crippen molar-refractivity contribution in [1.29, 1.82) is 0 Å². The van der Waals surface area contributed by atoms with Gasteiger partial charge in [-0.3, -0.25) is 0 Å². The molecular formula is C18H17F2N3O. The van der Waals surface area contributed by atoms with E-state index in [4.69, 9.17) is 4.74 Å². The normalized spacial score (nSPS) is 15.8. The molecule has 6 heteroatoms. The summed E-state index contributed by atoms with van der Waals surface area (Å²) in [6.45, 7) is 1.74. The van der Waals surface area contributed by atoms with Crippen molar-refractivity contribution in [3.05, 3.63) is 54.1 Å². The van der Waals surface area contributed by atoms with E-state index < -0.39 is 0 Å². The summed E-state index contributed by atoms with van der Waals surface area (Å²) < 4.78 is 35.4. The molecule has 4 nitrogen and oxygen atoms in total. The summed E-state index contributed by atoms with van der Waals surface area (Å²) >= 11 is 0. The van der Waals surface area contributed by atoms with Crippen LogP contribution >= 0.6 is 0 Å². The molecule has 0 unspecified atom stereocenters. The number of piperidine rings is 1. The number of nitrogens with one attached hydrogen (secondary N) is 1. The highest BCUT2D eigenvalue weighted by Crippen LogP contribution is 2.31. The molecule has 4 rings (SSSR count). The molecule has 1 aromatic heterocycles. The quantitative estimate of drug-likeness (QED) is 0.800. The van der Waals surface area contributed by atoms with Crippen LogP contribution in [0.2, 0.25) is 0 Å². The Kier molecular flexibility index (Phi) is 3.90. The summed E-state index contributed by atoms with van der Waals surface area (Å²) in [4.78, 5) is 0. The van der Waals surface area contributed by atoms with Crippen LogP contribution < -0.4 is 10.1 Å². The lowest BCUT2D eigenvalue weighted by molar-refractivity contribution is 0.157. The second kappa shape index (κ2) is 6.20. The van der Waals surface area contributed by atoms with Crippen LogP contribution in [0.3, 0.4) is 0 Å². The third-order valence-electron chi connectivity index (χ3n) is 4.24. The lowest BCUT2D eigenvalue weighted by Gasteiger charge is -2.22. The van der Waals surface area contributed by atoms with Crippen molar-refractivity contribution in [3.8, 4) is 11.6 Å². The van der Waals surface area contributed by atoms with E-state index in [0.29, 0.717) is 16.6 Å². The van der Waals surface area contributed by atoms with Crippen LogP contribution in [-0.2, 0) is 0 Å². The molecule has 2 heterocycles. The van der Waals surface area contributed by atoms with Gasteiger partial charge in [-0.2, -0.15) is 0 Å². The molecule has 1 aliphatic heterocycles. The number of ether oxygens (including phenoxy) is 1. The number of nitrogens with zero attached hydrogens (tertiary/aromatic N) is 2. The lowest BCUT2D eigenvalue weighted by atomic mass is 10.1. The Labute approximate surface area is 138 Å². The summed E-state index contributed by atoms with van der Waals surface area (Å²) in [7, 11) is 0. The number of halogens is 2. The van der Waals surface area contributed by atoms with Crippen LogP contribution in [0.5, 0.6) is 5.88 Å². The van der Waals surface area contributed by atoms with Crippen molar-refractivity contribution in [2.45, 2.75) is 18.9 Å². The van der Waals surface area contributed by atoms with Gasteiger partial charge in [-0.25, -0.2) is 13.5 Å². The van der Waals surface area contributed by atoms with E-state index in [-0.39, 0.29) is 23.6 Å². The predicted molar refractivity (Wildman–Crippen MR) is 87.5 cm³/mol. The Hall–Kier alpha value is -2.47. The van der Waals surface area contributed by atoms with Gasteiger partial charge in [0.15, 0.2) is 0 Å². The van der Waals surface area contributed by atoms with E-state index in [9.17, 15) is 8.78 Å². The maximum atomic E-state index is 14.4. The molecule has 2 aromatic carbocycles. The SMILES string of the molecule is Fc1cccc(-n2nc(OC3CCNCC3)c3c(F)cccc32)c1. The first-order valence-electron chi connectivity index (χ1n) is 8.03. The van der Waals surface area contributed by atoms with Crippen molar-refractivity contribution in [1.82, 2.24) is 15.1 Å². The summed E-state index contributed by atoms with van der Waals surface area (Å²) in [5.74, 6) is -0.494. The molecular weight excluding hydrogens is 312 g/mol. The molecule has 1 saturated heterocycles. The average molecular weight is 329 g/mol. The van der Waals surface area contributed by atoms with Crippen molar-refractivity contribution in [2.24, 2.45) is 0 Å². The molecule has 0 spiro atoms. The smallest absolute Gasteiger partial charge is 0.244 e. The number of rotatable bonds is 3. The number of benzene rings is 2. The summed E-state index contributed by atoms with van der Waals surface area (Å²) in [5.41, 5.74) is 1.09. The molecule has 3 aromatic rings. The van der Waals surface area contributed by atoms with Gasteiger partial charge in [-0.1, -0.05) is 12.1 Å².